The monoisotopic (exact) mass is 316 g/mol. The molecule has 0 spiro atoms. The van der Waals surface area contributed by atoms with Gasteiger partial charge in [0.15, 0.2) is 0 Å². The Hall–Kier alpha value is -1.56. The van der Waals surface area contributed by atoms with Gasteiger partial charge in [-0.05, 0) is 29.9 Å². The lowest BCUT2D eigenvalue weighted by Crippen LogP contribution is -2.44. The van der Waals surface area contributed by atoms with Gasteiger partial charge >= 0.3 is 6.18 Å². The van der Waals surface area contributed by atoms with Crippen molar-refractivity contribution in [3.05, 3.63) is 35.4 Å². The van der Waals surface area contributed by atoms with Crippen LogP contribution in [0.1, 0.15) is 44.2 Å². The fraction of sp³-hybridized carbons (Fsp3) is 0.562. The second-order valence-electron chi connectivity index (χ2n) is 5.87. The van der Waals surface area contributed by atoms with Crippen molar-refractivity contribution in [2.24, 2.45) is 11.7 Å². The van der Waals surface area contributed by atoms with E-state index in [0.717, 1.165) is 12.1 Å². The minimum absolute atomic E-state index is 0.0425. The van der Waals surface area contributed by atoms with Gasteiger partial charge in [-0.3, -0.25) is 4.79 Å². The summed E-state index contributed by atoms with van der Waals surface area (Å²) in [5, 5.41) is 2.72. The van der Waals surface area contributed by atoms with Crippen molar-refractivity contribution in [3.63, 3.8) is 0 Å². The van der Waals surface area contributed by atoms with E-state index in [2.05, 4.69) is 5.32 Å². The lowest BCUT2D eigenvalue weighted by molar-refractivity contribution is -0.137. The maximum Gasteiger partial charge on any atom is 0.416 e. The standard InChI is InChI=1S/C16H23F3N2O/c1-10(2)14(20)15(22)21-8-7-11(3)12-5-4-6-13(9-12)16(17,18)19/h4-6,9-11,14H,7-8,20H2,1-3H3,(H,21,22)/t11?,14-/m0/s1. The Morgan fingerprint density at radius 3 is 2.45 bits per heavy atom. The Kier molecular flexibility index (Phi) is 6.41. The van der Waals surface area contributed by atoms with E-state index in [0.29, 0.717) is 18.5 Å². The van der Waals surface area contributed by atoms with E-state index in [1.807, 2.05) is 20.8 Å². The first kappa shape index (κ1) is 18.5. The molecule has 0 aliphatic carbocycles. The van der Waals surface area contributed by atoms with Crippen molar-refractivity contribution in [2.75, 3.05) is 6.54 Å². The molecule has 0 radical (unpaired) electrons. The minimum atomic E-state index is -4.34. The molecule has 1 amide bonds. The van der Waals surface area contributed by atoms with Gasteiger partial charge in [0.2, 0.25) is 5.91 Å². The van der Waals surface area contributed by atoms with Crippen molar-refractivity contribution < 1.29 is 18.0 Å². The van der Waals surface area contributed by atoms with Crippen molar-refractivity contribution in [1.82, 2.24) is 5.32 Å². The summed E-state index contributed by atoms with van der Waals surface area (Å²) in [6.07, 6.45) is -3.79. The number of amides is 1. The van der Waals surface area contributed by atoms with E-state index in [4.69, 9.17) is 5.73 Å². The van der Waals surface area contributed by atoms with Crippen molar-refractivity contribution >= 4 is 5.91 Å². The number of nitrogens with two attached hydrogens (primary N) is 1. The van der Waals surface area contributed by atoms with Crippen LogP contribution >= 0.6 is 0 Å². The Labute approximate surface area is 129 Å². The fourth-order valence-electron chi connectivity index (χ4n) is 2.02. The molecule has 0 aromatic heterocycles. The molecule has 124 valence electrons. The van der Waals surface area contributed by atoms with E-state index in [-0.39, 0.29) is 17.7 Å². The Balaban J connectivity index is 2.56. The maximum atomic E-state index is 12.7. The average Bonchev–Trinajstić information content (AvgIpc) is 2.45. The molecule has 0 heterocycles. The van der Waals surface area contributed by atoms with Gasteiger partial charge in [0.1, 0.15) is 0 Å². The van der Waals surface area contributed by atoms with Crippen LogP contribution in [0.2, 0.25) is 0 Å². The molecule has 3 N–H and O–H groups in total. The smallest absolute Gasteiger partial charge is 0.355 e. The van der Waals surface area contributed by atoms with Gasteiger partial charge in [0, 0.05) is 6.54 Å². The van der Waals surface area contributed by atoms with Gasteiger partial charge in [0.05, 0.1) is 11.6 Å². The summed E-state index contributed by atoms with van der Waals surface area (Å²) in [5.41, 5.74) is 5.68. The fourth-order valence-corrected chi connectivity index (χ4v) is 2.02. The average molecular weight is 316 g/mol. The van der Waals surface area contributed by atoms with Crippen LogP contribution in [-0.2, 0) is 11.0 Å². The lowest BCUT2D eigenvalue weighted by Gasteiger charge is -2.17. The number of halogens is 3. The first-order chi connectivity index (χ1) is 10.1. The van der Waals surface area contributed by atoms with E-state index in [9.17, 15) is 18.0 Å². The SMILES string of the molecule is CC(CCNC(=O)[C@@H](N)C(C)C)c1cccc(C(F)(F)F)c1. The Bertz CT molecular complexity index is 500. The third-order valence-corrected chi connectivity index (χ3v) is 3.68. The molecular formula is C16H23F3N2O. The third kappa shape index (κ3) is 5.33. The number of alkyl halides is 3. The van der Waals surface area contributed by atoms with Gasteiger partial charge < -0.3 is 11.1 Å². The summed E-state index contributed by atoms with van der Waals surface area (Å²) in [7, 11) is 0. The van der Waals surface area contributed by atoms with Crippen molar-refractivity contribution in [3.8, 4) is 0 Å². The zero-order valence-electron chi connectivity index (χ0n) is 13.1. The van der Waals surface area contributed by atoms with Crippen LogP contribution in [0.5, 0.6) is 0 Å². The number of hydrogen-bond donors (Lipinski definition) is 2. The van der Waals surface area contributed by atoms with Crippen LogP contribution in [0.25, 0.3) is 0 Å². The molecular weight excluding hydrogens is 293 g/mol. The molecule has 0 fully saturated rings. The topological polar surface area (TPSA) is 55.1 Å². The largest absolute Gasteiger partial charge is 0.416 e. The number of rotatable bonds is 6. The molecule has 6 heteroatoms. The van der Waals surface area contributed by atoms with E-state index in [1.54, 1.807) is 6.07 Å². The molecule has 1 aromatic rings. The molecule has 2 atom stereocenters. The third-order valence-electron chi connectivity index (χ3n) is 3.68. The van der Waals surface area contributed by atoms with Gasteiger partial charge in [-0.15, -0.1) is 0 Å². The minimum Gasteiger partial charge on any atom is -0.355 e. The predicted molar refractivity (Wildman–Crippen MR) is 80.3 cm³/mol. The van der Waals surface area contributed by atoms with Crippen LogP contribution < -0.4 is 11.1 Å². The van der Waals surface area contributed by atoms with Crippen LogP contribution in [-0.4, -0.2) is 18.5 Å². The number of benzene rings is 1. The summed E-state index contributed by atoms with van der Waals surface area (Å²) in [6, 6.07) is 4.72. The summed E-state index contributed by atoms with van der Waals surface area (Å²) in [5.74, 6) is -0.273. The summed E-state index contributed by atoms with van der Waals surface area (Å²) < 4.78 is 38.0. The van der Waals surface area contributed by atoms with E-state index < -0.39 is 17.8 Å². The normalized spacial score (nSPS) is 14.7. The van der Waals surface area contributed by atoms with Gasteiger partial charge in [0.25, 0.3) is 0 Å². The van der Waals surface area contributed by atoms with Crippen LogP contribution in [0, 0.1) is 5.92 Å². The molecule has 0 aliphatic heterocycles. The molecule has 3 nitrogen and oxygen atoms in total. The molecule has 0 bridgehead atoms. The van der Waals surface area contributed by atoms with Gasteiger partial charge in [-0.2, -0.15) is 13.2 Å². The molecule has 0 saturated heterocycles. The molecule has 22 heavy (non-hydrogen) atoms. The Morgan fingerprint density at radius 2 is 1.91 bits per heavy atom. The highest BCUT2D eigenvalue weighted by Gasteiger charge is 2.30. The molecule has 0 saturated carbocycles. The number of carbonyl (C=O) groups excluding carboxylic acids is 1. The number of carbonyl (C=O) groups is 1. The van der Waals surface area contributed by atoms with Crippen LogP contribution in [0.15, 0.2) is 24.3 Å². The zero-order valence-corrected chi connectivity index (χ0v) is 13.1. The molecule has 1 unspecified atom stereocenters. The zero-order chi connectivity index (χ0) is 16.9. The highest BCUT2D eigenvalue weighted by atomic mass is 19.4. The second-order valence-corrected chi connectivity index (χ2v) is 5.87. The molecule has 0 aliphatic rings. The highest BCUT2D eigenvalue weighted by molar-refractivity contribution is 5.81. The quantitative estimate of drug-likeness (QED) is 0.846. The summed E-state index contributed by atoms with van der Waals surface area (Å²) >= 11 is 0. The molecule has 1 aromatic carbocycles. The second kappa shape index (κ2) is 7.63. The molecule has 1 rings (SSSR count). The van der Waals surface area contributed by atoms with Gasteiger partial charge in [-0.25, -0.2) is 0 Å². The highest BCUT2D eigenvalue weighted by Crippen LogP contribution is 2.31. The first-order valence-electron chi connectivity index (χ1n) is 7.33. The maximum absolute atomic E-state index is 12.7. The van der Waals surface area contributed by atoms with Crippen LogP contribution in [0.3, 0.4) is 0 Å². The van der Waals surface area contributed by atoms with Crippen LogP contribution in [0.4, 0.5) is 13.2 Å². The predicted octanol–water partition coefficient (Wildman–Crippen LogP) is 3.30. The Morgan fingerprint density at radius 1 is 1.27 bits per heavy atom. The van der Waals surface area contributed by atoms with Crippen molar-refractivity contribution in [2.45, 2.75) is 45.3 Å². The summed E-state index contributed by atoms with van der Waals surface area (Å²) in [6.45, 7) is 5.94. The lowest BCUT2D eigenvalue weighted by atomic mass is 9.96. The van der Waals surface area contributed by atoms with Crippen molar-refractivity contribution in [1.29, 1.82) is 0 Å². The number of nitrogens with one attached hydrogen (secondary N) is 1. The first-order valence-corrected chi connectivity index (χ1v) is 7.33. The van der Waals surface area contributed by atoms with E-state index in [1.165, 1.54) is 6.07 Å². The summed E-state index contributed by atoms with van der Waals surface area (Å²) in [4.78, 5) is 11.7. The van der Waals surface area contributed by atoms with E-state index >= 15 is 0 Å². The number of hydrogen-bond acceptors (Lipinski definition) is 2. The van der Waals surface area contributed by atoms with Gasteiger partial charge in [-0.1, -0.05) is 39.0 Å².